The van der Waals surface area contributed by atoms with Crippen molar-refractivity contribution in [1.82, 2.24) is 4.57 Å². The molecule has 2 aromatic rings. The Morgan fingerprint density at radius 2 is 2.05 bits per heavy atom. The van der Waals surface area contributed by atoms with Crippen LogP contribution in [0.25, 0.3) is 10.2 Å². The molecule has 0 spiro atoms. The summed E-state index contributed by atoms with van der Waals surface area (Å²) in [5.74, 6) is -0.549. The second-order valence-electron chi connectivity index (χ2n) is 5.16. The number of thiazole rings is 1. The van der Waals surface area contributed by atoms with Crippen LogP contribution in [0.15, 0.2) is 29.3 Å². The van der Waals surface area contributed by atoms with Gasteiger partial charge in [0.25, 0.3) is 5.91 Å². The van der Waals surface area contributed by atoms with Crippen molar-refractivity contribution in [2.24, 2.45) is 10.9 Å². The molecule has 0 radical (unpaired) electrons. The fourth-order valence-electron chi connectivity index (χ4n) is 1.98. The zero-order chi connectivity index (χ0) is 16.1. The van der Waals surface area contributed by atoms with Crippen LogP contribution in [0.4, 0.5) is 0 Å². The van der Waals surface area contributed by atoms with Crippen LogP contribution < -0.4 is 4.80 Å². The molecule has 0 aliphatic carbocycles. The molecular formula is C16H20N2O3S. The molecule has 0 fully saturated rings. The summed E-state index contributed by atoms with van der Waals surface area (Å²) < 4.78 is 7.92. The predicted octanol–water partition coefficient (Wildman–Crippen LogP) is 2.74. The second kappa shape index (κ2) is 7.35. The monoisotopic (exact) mass is 320 g/mol. The third-order valence-electron chi connectivity index (χ3n) is 3.13. The number of amides is 1. The van der Waals surface area contributed by atoms with Gasteiger partial charge in [-0.15, -0.1) is 0 Å². The number of rotatable bonds is 5. The van der Waals surface area contributed by atoms with Crippen LogP contribution in [0.2, 0.25) is 0 Å². The van der Waals surface area contributed by atoms with E-state index in [-0.39, 0.29) is 24.2 Å². The highest BCUT2D eigenvalue weighted by atomic mass is 32.1. The lowest BCUT2D eigenvalue weighted by Gasteiger charge is -2.05. The van der Waals surface area contributed by atoms with Gasteiger partial charge in [-0.1, -0.05) is 37.3 Å². The largest absolute Gasteiger partial charge is 0.466 e. The molecule has 6 heteroatoms. The number of benzene rings is 1. The fraction of sp³-hybridized carbons (Fsp3) is 0.438. The number of hydrogen-bond donors (Lipinski definition) is 0. The molecule has 1 amide bonds. The molecule has 0 N–H and O–H groups in total. The minimum atomic E-state index is -0.244. The van der Waals surface area contributed by atoms with Crippen molar-refractivity contribution in [1.29, 1.82) is 0 Å². The summed E-state index contributed by atoms with van der Waals surface area (Å²) in [7, 11) is 0. The van der Waals surface area contributed by atoms with Gasteiger partial charge in [0.15, 0.2) is 4.80 Å². The summed E-state index contributed by atoms with van der Waals surface area (Å²) >= 11 is 1.46. The smallest absolute Gasteiger partial charge is 0.307 e. The van der Waals surface area contributed by atoms with Gasteiger partial charge >= 0.3 is 5.97 Å². The molecule has 22 heavy (non-hydrogen) atoms. The third kappa shape index (κ3) is 3.82. The van der Waals surface area contributed by atoms with Gasteiger partial charge in [-0.2, -0.15) is 4.99 Å². The summed E-state index contributed by atoms with van der Waals surface area (Å²) in [6.07, 6.45) is 0.262. The van der Waals surface area contributed by atoms with Gasteiger partial charge in [0.05, 0.1) is 23.2 Å². The first-order valence-corrected chi connectivity index (χ1v) is 8.17. The Labute approximate surface area is 133 Å². The van der Waals surface area contributed by atoms with Crippen LogP contribution in [0.5, 0.6) is 0 Å². The van der Waals surface area contributed by atoms with Gasteiger partial charge in [0.2, 0.25) is 0 Å². The molecule has 0 aliphatic rings. The van der Waals surface area contributed by atoms with Crippen molar-refractivity contribution in [3.63, 3.8) is 0 Å². The number of carbonyl (C=O) groups is 2. The SMILES string of the molecule is CCOC(=O)CCn1c(=NC(=O)C(C)C)sc2ccccc21. The normalized spacial score (nSPS) is 12.1. The predicted molar refractivity (Wildman–Crippen MR) is 86.5 cm³/mol. The van der Waals surface area contributed by atoms with Crippen LogP contribution in [0.1, 0.15) is 27.2 Å². The molecule has 0 bridgehead atoms. The summed E-state index contributed by atoms with van der Waals surface area (Å²) in [6.45, 7) is 6.25. The lowest BCUT2D eigenvalue weighted by molar-refractivity contribution is -0.143. The van der Waals surface area contributed by atoms with E-state index in [4.69, 9.17) is 4.74 Å². The van der Waals surface area contributed by atoms with Gasteiger partial charge in [-0.05, 0) is 19.1 Å². The Morgan fingerprint density at radius 3 is 2.73 bits per heavy atom. The molecule has 1 heterocycles. The van der Waals surface area contributed by atoms with E-state index in [9.17, 15) is 9.59 Å². The van der Waals surface area contributed by atoms with E-state index in [2.05, 4.69) is 4.99 Å². The number of aromatic nitrogens is 1. The Bertz CT molecular complexity index is 743. The first kappa shape index (κ1) is 16.4. The van der Waals surface area contributed by atoms with Gasteiger partial charge in [0, 0.05) is 12.5 Å². The molecule has 5 nitrogen and oxygen atoms in total. The molecule has 118 valence electrons. The first-order valence-electron chi connectivity index (χ1n) is 7.35. The zero-order valence-corrected chi connectivity index (χ0v) is 13.9. The fourth-order valence-corrected chi connectivity index (χ4v) is 3.04. The van der Waals surface area contributed by atoms with E-state index in [0.717, 1.165) is 10.2 Å². The number of fused-ring (bicyclic) bond motifs is 1. The Kier molecular flexibility index (Phi) is 5.49. The third-order valence-corrected chi connectivity index (χ3v) is 4.19. The van der Waals surface area contributed by atoms with Gasteiger partial charge in [-0.25, -0.2) is 0 Å². The lowest BCUT2D eigenvalue weighted by atomic mass is 10.2. The molecule has 1 aromatic carbocycles. The molecule has 1 aromatic heterocycles. The minimum absolute atomic E-state index is 0.149. The molecular weight excluding hydrogens is 300 g/mol. The Hall–Kier alpha value is -1.95. The number of para-hydroxylation sites is 1. The van der Waals surface area contributed by atoms with Crippen molar-refractivity contribution in [2.75, 3.05) is 6.61 Å². The van der Waals surface area contributed by atoms with E-state index in [1.165, 1.54) is 11.3 Å². The van der Waals surface area contributed by atoms with Crippen LogP contribution in [-0.4, -0.2) is 23.1 Å². The topological polar surface area (TPSA) is 60.7 Å². The quantitative estimate of drug-likeness (QED) is 0.796. The highest BCUT2D eigenvalue weighted by Gasteiger charge is 2.11. The van der Waals surface area contributed by atoms with Crippen LogP contribution in [-0.2, 0) is 20.9 Å². The number of carbonyl (C=O) groups excluding carboxylic acids is 2. The summed E-state index contributed by atoms with van der Waals surface area (Å²) in [4.78, 5) is 28.3. The van der Waals surface area contributed by atoms with Crippen LogP contribution in [0, 0.1) is 5.92 Å². The van der Waals surface area contributed by atoms with E-state index in [0.29, 0.717) is 18.0 Å². The minimum Gasteiger partial charge on any atom is -0.466 e. The average molecular weight is 320 g/mol. The first-order chi connectivity index (χ1) is 10.5. The van der Waals surface area contributed by atoms with E-state index >= 15 is 0 Å². The van der Waals surface area contributed by atoms with Crippen LogP contribution >= 0.6 is 11.3 Å². The molecule has 0 unspecified atom stereocenters. The van der Waals surface area contributed by atoms with E-state index in [1.807, 2.05) is 42.7 Å². The maximum atomic E-state index is 11.9. The summed E-state index contributed by atoms with van der Waals surface area (Å²) in [5.41, 5.74) is 0.979. The Morgan fingerprint density at radius 1 is 1.32 bits per heavy atom. The highest BCUT2D eigenvalue weighted by molar-refractivity contribution is 7.16. The Balaban J connectivity index is 2.40. The van der Waals surface area contributed by atoms with Crippen molar-refractivity contribution in [3.05, 3.63) is 29.1 Å². The van der Waals surface area contributed by atoms with E-state index in [1.54, 1.807) is 6.92 Å². The molecule has 0 aliphatic heterocycles. The average Bonchev–Trinajstić information content (AvgIpc) is 2.82. The van der Waals surface area contributed by atoms with Gasteiger partial charge < -0.3 is 9.30 Å². The number of nitrogens with zero attached hydrogens (tertiary/aromatic N) is 2. The number of hydrogen-bond acceptors (Lipinski definition) is 4. The van der Waals surface area contributed by atoms with Crippen molar-refractivity contribution in [2.45, 2.75) is 33.7 Å². The standard InChI is InChI=1S/C16H20N2O3S/c1-4-21-14(19)9-10-18-12-7-5-6-8-13(12)22-16(18)17-15(20)11(2)3/h5-8,11H,4,9-10H2,1-3H3. The number of aryl methyl sites for hydroxylation is 1. The van der Waals surface area contributed by atoms with Gasteiger partial charge in [-0.3, -0.25) is 9.59 Å². The van der Waals surface area contributed by atoms with Crippen molar-refractivity contribution >= 4 is 33.4 Å². The van der Waals surface area contributed by atoms with Gasteiger partial charge in [0.1, 0.15) is 0 Å². The molecule has 0 saturated carbocycles. The molecule has 2 rings (SSSR count). The van der Waals surface area contributed by atoms with Crippen molar-refractivity contribution < 1.29 is 14.3 Å². The lowest BCUT2D eigenvalue weighted by Crippen LogP contribution is -2.20. The van der Waals surface area contributed by atoms with E-state index < -0.39 is 0 Å². The number of ether oxygens (including phenoxy) is 1. The molecule has 0 saturated heterocycles. The second-order valence-corrected chi connectivity index (χ2v) is 6.17. The summed E-state index contributed by atoms with van der Waals surface area (Å²) in [6, 6.07) is 7.84. The number of esters is 1. The zero-order valence-electron chi connectivity index (χ0n) is 13.0. The maximum Gasteiger partial charge on any atom is 0.307 e. The van der Waals surface area contributed by atoms with Crippen molar-refractivity contribution in [3.8, 4) is 0 Å². The van der Waals surface area contributed by atoms with Crippen LogP contribution in [0.3, 0.4) is 0 Å². The molecule has 0 atom stereocenters. The highest BCUT2D eigenvalue weighted by Crippen LogP contribution is 2.17. The summed E-state index contributed by atoms with van der Waals surface area (Å²) in [5, 5.41) is 0. The maximum absolute atomic E-state index is 11.9.